The van der Waals surface area contributed by atoms with Gasteiger partial charge in [-0.2, -0.15) is 0 Å². The Balaban J connectivity index is 2.03. The maximum absolute atomic E-state index is 6.25. The SMILES string of the molecule is COc1ccc2c(c1)-c1c(sn(-c3cc(Cl)ccc3OC)c1=S)C(C)(C)N2. The first-order chi connectivity index (χ1) is 12.9. The van der Waals surface area contributed by atoms with E-state index in [4.69, 9.17) is 33.3 Å². The van der Waals surface area contributed by atoms with Gasteiger partial charge in [-0.1, -0.05) is 35.4 Å². The minimum Gasteiger partial charge on any atom is -0.497 e. The van der Waals surface area contributed by atoms with E-state index in [0.29, 0.717) is 5.02 Å². The molecule has 0 saturated carbocycles. The van der Waals surface area contributed by atoms with Crippen LogP contribution >= 0.6 is 35.4 Å². The highest BCUT2D eigenvalue weighted by Gasteiger charge is 2.35. The summed E-state index contributed by atoms with van der Waals surface area (Å²) in [6.45, 7) is 4.31. The van der Waals surface area contributed by atoms with Crippen LogP contribution in [0.1, 0.15) is 18.7 Å². The highest BCUT2D eigenvalue weighted by Crippen LogP contribution is 2.49. The molecule has 0 amide bonds. The van der Waals surface area contributed by atoms with Gasteiger partial charge in [0, 0.05) is 21.8 Å². The van der Waals surface area contributed by atoms with E-state index in [0.717, 1.165) is 43.5 Å². The van der Waals surface area contributed by atoms with Crippen LogP contribution in [0.15, 0.2) is 36.4 Å². The van der Waals surface area contributed by atoms with Crippen LogP contribution in [0.4, 0.5) is 5.69 Å². The average Bonchev–Trinajstić information content (AvgIpc) is 3.00. The van der Waals surface area contributed by atoms with Crippen molar-refractivity contribution in [1.29, 1.82) is 0 Å². The van der Waals surface area contributed by atoms with Gasteiger partial charge in [0.05, 0.1) is 24.6 Å². The Labute approximate surface area is 172 Å². The summed E-state index contributed by atoms with van der Waals surface area (Å²) in [5, 5.41) is 4.25. The van der Waals surface area contributed by atoms with Gasteiger partial charge in [-0.05, 0) is 50.2 Å². The number of ether oxygens (including phenoxy) is 2. The smallest absolute Gasteiger partial charge is 0.143 e. The van der Waals surface area contributed by atoms with Crippen LogP contribution in [0, 0.1) is 4.64 Å². The summed E-state index contributed by atoms with van der Waals surface area (Å²) in [6.07, 6.45) is 0. The summed E-state index contributed by atoms with van der Waals surface area (Å²) in [5.41, 5.74) is 3.73. The summed E-state index contributed by atoms with van der Waals surface area (Å²) in [4.78, 5) is 1.16. The largest absolute Gasteiger partial charge is 0.497 e. The van der Waals surface area contributed by atoms with Crippen molar-refractivity contribution in [3.05, 3.63) is 50.9 Å². The zero-order chi connectivity index (χ0) is 19.3. The molecule has 1 aliphatic heterocycles. The summed E-state index contributed by atoms with van der Waals surface area (Å²) >= 11 is 13.8. The van der Waals surface area contributed by atoms with Crippen molar-refractivity contribution < 1.29 is 9.47 Å². The molecule has 27 heavy (non-hydrogen) atoms. The lowest BCUT2D eigenvalue weighted by Gasteiger charge is -2.33. The van der Waals surface area contributed by atoms with Crippen LogP contribution in [-0.4, -0.2) is 18.2 Å². The molecule has 1 N–H and O–H groups in total. The second kappa shape index (κ2) is 6.55. The second-order valence-corrected chi connectivity index (χ2v) is 8.65. The predicted octanol–water partition coefficient (Wildman–Crippen LogP) is 6.27. The van der Waals surface area contributed by atoms with Crippen molar-refractivity contribution in [3.8, 4) is 28.3 Å². The monoisotopic (exact) mass is 418 g/mol. The molecule has 0 bridgehead atoms. The Kier molecular flexibility index (Phi) is 4.45. The zero-order valence-electron chi connectivity index (χ0n) is 15.4. The summed E-state index contributed by atoms with van der Waals surface area (Å²) in [7, 11) is 3.32. The zero-order valence-corrected chi connectivity index (χ0v) is 17.8. The van der Waals surface area contributed by atoms with Crippen LogP contribution in [0.3, 0.4) is 0 Å². The molecule has 4 nitrogen and oxygen atoms in total. The van der Waals surface area contributed by atoms with Crippen molar-refractivity contribution in [3.63, 3.8) is 0 Å². The lowest BCUT2D eigenvalue weighted by atomic mass is 9.90. The molecule has 0 fully saturated rings. The lowest BCUT2D eigenvalue weighted by molar-refractivity contribution is 0.413. The minimum atomic E-state index is -0.258. The molecule has 0 spiro atoms. The number of fused-ring (bicyclic) bond motifs is 3. The maximum atomic E-state index is 6.25. The molecule has 140 valence electrons. The van der Waals surface area contributed by atoms with Crippen molar-refractivity contribution >= 4 is 41.0 Å². The molecule has 7 heteroatoms. The Bertz CT molecular complexity index is 1100. The Morgan fingerprint density at radius 2 is 1.89 bits per heavy atom. The van der Waals surface area contributed by atoms with Crippen LogP contribution in [-0.2, 0) is 5.54 Å². The fourth-order valence-electron chi connectivity index (χ4n) is 3.38. The number of aromatic nitrogens is 1. The van der Waals surface area contributed by atoms with Crippen LogP contribution in [0.2, 0.25) is 5.02 Å². The molecule has 1 aromatic heterocycles. The van der Waals surface area contributed by atoms with Gasteiger partial charge in [0.1, 0.15) is 21.8 Å². The topological polar surface area (TPSA) is 35.4 Å². The van der Waals surface area contributed by atoms with Crippen LogP contribution in [0.5, 0.6) is 11.5 Å². The van der Waals surface area contributed by atoms with E-state index < -0.39 is 0 Å². The van der Waals surface area contributed by atoms with Crippen LogP contribution in [0.25, 0.3) is 16.8 Å². The molecule has 0 atom stereocenters. The lowest BCUT2D eigenvalue weighted by Crippen LogP contribution is -2.30. The first kappa shape index (κ1) is 18.3. The molecular weight excluding hydrogens is 400 g/mol. The van der Waals surface area contributed by atoms with E-state index >= 15 is 0 Å². The summed E-state index contributed by atoms with van der Waals surface area (Å²) < 4.78 is 13.7. The number of anilines is 1. The van der Waals surface area contributed by atoms with Gasteiger partial charge in [-0.3, -0.25) is 3.96 Å². The summed E-state index contributed by atoms with van der Waals surface area (Å²) in [5.74, 6) is 1.53. The minimum absolute atomic E-state index is 0.258. The van der Waals surface area contributed by atoms with Crippen molar-refractivity contribution in [2.45, 2.75) is 19.4 Å². The van der Waals surface area contributed by atoms with E-state index in [9.17, 15) is 0 Å². The van der Waals surface area contributed by atoms with Gasteiger partial charge in [-0.25, -0.2) is 0 Å². The van der Waals surface area contributed by atoms with Crippen molar-refractivity contribution in [2.24, 2.45) is 0 Å². The van der Waals surface area contributed by atoms with Gasteiger partial charge in [-0.15, -0.1) is 0 Å². The second-order valence-electron chi connectivity index (χ2n) is 6.87. The number of hydrogen-bond acceptors (Lipinski definition) is 5. The fourth-order valence-corrected chi connectivity index (χ4v) is 5.21. The number of halogens is 1. The Hall–Kier alpha value is -2.02. The highest BCUT2D eigenvalue weighted by molar-refractivity contribution is 7.71. The average molecular weight is 419 g/mol. The third-order valence-electron chi connectivity index (χ3n) is 4.68. The van der Waals surface area contributed by atoms with Crippen LogP contribution < -0.4 is 14.8 Å². The third kappa shape index (κ3) is 2.92. The maximum Gasteiger partial charge on any atom is 0.143 e. The Morgan fingerprint density at radius 3 is 2.59 bits per heavy atom. The summed E-state index contributed by atoms with van der Waals surface area (Å²) in [6, 6.07) is 11.6. The molecule has 1 aliphatic rings. The van der Waals surface area contributed by atoms with E-state index in [-0.39, 0.29) is 5.54 Å². The molecule has 2 heterocycles. The quantitative estimate of drug-likeness (QED) is 0.508. The molecule has 0 radical (unpaired) electrons. The van der Waals surface area contributed by atoms with Crippen molar-refractivity contribution in [2.75, 3.05) is 19.5 Å². The van der Waals surface area contributed by atoms with E-state index in [2.05, 4.69) is 19.2 Å². The standard InChI is InChI=1S/C20H19ClN2O2S2/c1-20(2)18-17(13-10-12(24-3)6-7-14(13)22-20)19(26)23(27-18)15-9-11(21)5-8-16(15)25-4/h5-10,22H,1-4H3. The van der Waals surface area contributed by atoms with E-state index in [1.54, 1.807) is 25.8 Å². The van der Waals surface area contributed by atoms with Gasteiger partial charge in [0.2, 0.25) is 0 Å². The molecule has 2 aromatic carbocycles. The molecule has 0 aliphatic carbocycles. The van der Waals surface area contributed by atoms with Gasteiger partial charge in [0.15, 0.2) is 0 Å². The van der Waals surface area contributed by atoms with Crippen molar-refractivity contribution in [1.82, 2.24) is 3.96 Å². The van der Waals surface area contributed by atoms with E-state index in [1.807, 2.05) is 40.4 Å². The number of nitrogens with one attached hydrogen (secondary N) is 1. The van der Waals surface area contributed by atoms with Gasteiger partial charge < -0.3 is 14.8 Å². The van der Waals surface area contributed by atoms with Gasteiger partial charge >= 0.3 is 0 Å². The molecule has 0 unspecified atom stereocenters. The molecular formula is C20H19ClN2O2S2. The molecule has 3 aromatic rings. The van der Waals surface area contributed by atoms with Gasteiger partial charge in [0.25, 0.3) is 0 Å². The normalized spacial score (nSPS) is 14.1. The highest BCUT2D eigenvalue weighted by atomic mass is 35.5. The number of methoxy groups -OCH3 is 2. The number of nitrogens with zero attached hydrogens (tertiary/aromatic N) is 1. The predicted molar refractivity (Wildman–Crippen MR) is 115 cm³/mol. The third-order valence-corrected chi connectivity index (χ3v) is 6.87. The number of rotatable bonds is 3. The molecule has 0 saturated heterocycles. The molecule has 4 rings (SSSR count). The number of benzene rings is 2. The fraction of sp³-hybridized carbons (Fsp3) is 0.250. The first-order valence-corrected chi connectivity index (χ1v) is 9.99. The number of hydrogen-bond donors (Lipinski definition) is 1. The first-order valence-electron chi connectivity index (χ1n) is 8.43. The van der Waals surface area contributed by atoms with E-state index in [1.165, 1.54) is 0 Å². The Morgan fingerprint density at radius 1 is 1.11 bits per heavy atom.